The molecule has 9 heteroatoms. The number of para-hydroxylation sites is 1. The van der Waals surface area contributed by atoms with Gasteiger partial charge in [-0.25, -0.2) is 14.9 Å². The van der Waals surface area contributed by atoms with Crippen LogP contribution < -0.4 is 20.9 Å². The standard InChI is InChI=1S/C23H25N5O4/c29-20-15-28(17-6-2-1-3-7-17)27-21(20)22(30)25-26-23(31)24-14-16-10-12-19(13-11-16)32-18-8-4-5-9-18/h1-3,6-7,10-13,15,18,29H,4-5,8-9,14H2,(H,25,30)(H2,24,26,31). The quantitative estimate of drug-likeness (QED) is 0.444. The zero-order chi connectivity index (χ0) is 22.3. The van der Waals surface area contributed by atoms with Crippen molar-refractivity contribution in [1.82, 2.24) is 25.9 Å². The molecule has 9 nitrogen and oxygen atoms in total. The van der Waals surface area contributed by atoms with Gasteiger partial charge in [-0.15, -0.1) is 0 Å². The lowest BCUT2D eigenvalue weighted by Gasteiger charge is -2.13. The molecule has 4 rings (SSSR count). The fourth-order valence-electron chi connectivity index (χ4n) is 3.52. The van der Waals surface area contributed by atoms with E-state index in [0.29, 0.717) is 11.8 Å². The van der Waals surface area contributed by atoms with Gasteiger partial charge < -0.3 is 15.2 Å². The van der Waals surface area contributed by atoms with Crippen molar-refractivity contribution in [1.29, 1.82) is 0 Å². The lowest BCUT2D eigenvalue weighted by molar-refractivity contribution is 0.0928. The fraction of sp³-hybridized carbons (Fsp3) is 0.261. The number of aromatic hydroxyl groups is 1. The molecule has 1 aliphatic carbocycles. The number of aromatic nitrogens is 2. The molecule has 1 aliphatic rings. The predicted octanol–water partition coefficient (Wildman–Crippen LogP) is 3.04. The summed E-state index contributed by atoms with van der Waals surface area (Å²) in [4.78, 5) is 24.3. The predicted molar refractivity (Wildman–Crippen MR) is 117 cm³/mol. The molecule has 1 fully saturated rings. The molecule has 0 saturated heterocycles. The molecule has 0 radical (unpaired) electrons. The molecular formula is C23H25N5O4. The van der Waals surface area contributed by atoms with Crippen molar-refractivity contribution < 1.29 is 19.4 Å². The van der Waals surface area contributed by atoms with Crippen LogP contribution in [0.15, 0.2) is 60.8 Å². The Balaban J connectivity index is 1.23. The molecule has 3 aromatic rings. The van der Waals surface area contributed by atoms with Crippen LogP contribution in [0.1, 0.15) is 41.7 Å². The Hall–Kier alpha value is -4.01. The van der Waals surface area contributed by atoms with Gasteiger partial charge >= 0.3 is 6.03 Å². The van der Waals surface area contributed by atoms with Crippen molar-refractivity contribution in [3.8, 4) is 17.2 Å². The topological polar surface area (TPSA) is 118 Å². The average Bonchev–Trinajstić information content (AvgIpc) is 3.47. The third kappa shape index (κ3) is 5.37. The largest absolute Gasteiger partial charge is 0.504 e. The van der Waals surface area contributed by atoms with Crippen LogP contribution in [0.2, 0.25) is 0 Å². The molecule has 0 bridgehead atoms. The van der Waals surface area contributed by atoms with Gasteiger partial charge in [-0.2, -0.15) is 5.10 Å². The van der Waals surface area contributed by atoms with Crippen LogP contribution in [-0.4, -0.2) is 32.9 Å². The maximum Gasteiger partial charge on any atom is 0.333 e. The van der Waals surface area contributed by atoms with Gasteiger partial charge in [0.05, 0.1) is 18.0 Å². The SMILES string of the molecule is O=C(NCc1ccc(OC2CCCC2)cc1)NNC(=O)c1nn(-c2ccccc2)cc1O. The third-order valence-corrected chi connectivity index (χ3v) is 5.20. The van der Waals surface area contributed by atoms with Crippen molar-refractivity contribution in [3.05, 3.63) is 72.1 Å². The van der Waals surface area contributed by atoms with E-state index in [1.165, 1.54) is 23.7 Å². The molecular weight excluding hydrogens is 410 g/mol. The summed E-state index contributed by atoms with van der Waals surface area (Å²) in [5.41, 5.74) is 5.86. The lowest BCUT2D eigenvalue weighted by Crippen LogP contribution is -2.46. The van der Waals surface area contributed by atoms with Gasteiger partial charge in [0, 0.05) is 6.54 Å². The van der Waals surface area contributed by atoms with E-state index in [1.54, 1.807) is 12.1 Å². The van der Waals surface area contributed by atoms with Crippen molar-refractivity contribution in [2.24, 2.45) is 0 Å². The molecule has 0 unspecified atom stereocenters. The molecule has 0 aliphatic heterocycles. The van der Waals surface area contributed by atoms with Crippen LogP contribution in [0.25, 0.3) is 5.69 Å². The Bertz CT molecular complexity index is 1060. The summed E-state index contributed by atoms with van der Waals surface area (Å²) in [5.74, 6) is -0.207. The summed E-state index contributed by atoms with van der Waals surface area (Å²) in [5, 5.41) is 16.7. The number of ether oxygens (including phenoxy) is 1. The number of urea groups is 1. The van der Waals surface area contributed by atoms with Crippen molar-refractivity contribution >= 4 is 11.9 Å². The van der Waals surface area contributed by atoms with Gasteiger partial charge in [0.1, 0.15) is 5.75 Å². The second-order valence-electron chi connectivity index (χ2n) is 7.57. The summed E-state index contributed by atoms with van der Waals surface area (Å²) in [6.45, 7) is 0.277. The number of nitrogens with zero attached hydrogens (tertiary/aromatic N) is 2. The van der Waals surface area contributed by atoms with E-state index in [2.05, 4.69) is 21.3 Å². The van der Waals surface area contributed by atoms with Gasteiger partial charge in [0.25, 0.3) is 5.91 Å². The third-order valence-electron chi connectivity index (χ3n) is 5.20. The van der Waals surface area contributed by atoms with Gasteiger partial charge in [-0.3, -0.25) is 10.2 Å². The van der Waals surface area contributed by atoms with Crippen molar-refractivity contribution in [2.75, 3.05) is 0 Å². The molecule has 3 amide bonds. The van der Waals surface area contributed by atoms with Gasteiger partial charge in [0.15, 0.2) is 11.4 Å². The second kappa shape index (κ2) is 9.86. The zero-order valence-electron chi connectivity index (χ0n) is 17.5. The Morgan fingerprint density at radius 3 is 2.47 bits per heavy atom. The Morgan fingerprint density at radius 1 is 1.03 bits per heavy atom. The molecule has 166 valence electrons. The molecule has 2 aromatic carbocycles. The van der Waals surface area contributed by atoms with Crippen LogP contribution in [0.3, 0.4) is 0 Å². The van der Waals surface area contributed by atoms with Crippen LogP contribution in [0, 0.1) is 0 Å². The zero-order valence-corrected chi connectivity index (χ0v) is 17.5. The number of carbonyl (C=O) groups is 2. The summed E-state index contributed by atoms with van der Waals surface area (Å²) in [7, 11) is 0. The minimum atomic E-state index is -0.735. The summed E-state index contributed by atoms with van der Waals surface area (Å²) in [6, 6.07) is 16.0. The number of carbonyl (C=O) groups excluding carboxylic acids is 2. The van der Waals surface area contributed by atoms with E-state index in [0.717, 1.165) is 24.2 Å². The summed E-state index contributed by atoms with van der Waals surface area (Å²) in [6.07, 6.45) is 6.25. The van der Waals surface area contributed by atoms with Crippen molar-refractivity contribution in [2.45, 2.75) is 38.3 Å². The van der Waals surface area contributed by atoms with Crippen molar-refractivity contribution in [3.63, 3.8) is 0 Å². The number of hydrogen-bond acceptors (Lipinski definition) is 5. The van der Waals surface area contributed by atoms with Crippen LogP contribution in [-0.2, 0) is 6.54 Å². The lowest BCUT2D eigenvalue weighted by atomic mass is 10.2. The average molecular weight is 435 g/mol. The molecule has 1 heterocycles. The van der Waals surface area contributed by atoms with E-state index >= 15 is 0 Å². The molecule has 0 atom stereocenters. The first-order valence-corrected chi connectivity index (χ1v) is 10.5. The number of amides is 3. The van der Waals surface area contributed by atoms with E-state index in [9.17, 15) is 14.7 Å². The molecule has 4 N–H and O–H groups in total. The summed E-state index contributed by atoms with van der Waals surface area (Å²) < 4.78 is 7.31. The highest BCUT2D eigenvalue weighted by molar-refractivity contribution is 5.95. The molecule has 32 heavy (non-hydrogen) atoms. The number of rotatable bonds is 6. The normalized spacial score (nSPS) is 13.5. The van der Waals surface area contributed by atoms with Gasteiger partial charge in [0.2, 0.25) is 0 Å². The second-order valence-corrected chi connectivity index (χ2v) is 7.57. The van der Waals surface area contributed by atoms with E-state index in [1.807, 2.05) is 42.5 Å². The number of hydrazine groups is 1. The molecule has 1 aromatic heterocycles. The van der Waals surface area contributed by atoms with E-state index in [-0.39, 0.29) is 18.0 Å². The first kappa shape index (κ1) is 21.2. The highest BCUT2D eigenvalue weighted by Gasteiger charge is 2.18. The fourth-order valence-corrected chi connectivity index (χ4v) is 3.52. The minimum absolute atomic E-state index is 0.202. The number of hydrogen-bond donors (Lipinski definition) is 4. The Kier molecular flexibility index (Phi) is 6.54. The number of nitrogens with one attached hydrogen (secondary N) is 3. The van der Waals surface area contributed by atoms with Gasteiger partial charge in [-0.05, 0) is 55.5 Å². The van der Waals surface area contributed by atoms with E-state index < -0.39 is 11.9 Å². The van der Waals surface area contributed by atoms with E-state index in [4.69, 9.17) is 4.74 Å². The molecule has 0 spiro atoms. The monoisotopic (exact) mass is 435 g/mol. The van der Waals surface area contributed by atoms with Crippen LogP contribution in [0.4, 0.5) is 4.79 Å². The van der Waals surface area contributed by atoms with Gasteiger partial charge in [-0.1, -0.05) is 30.3 Å². The first-order valence-electron chi connectivity index (χ1n) is 10.5. The maximum atomic E-state index is 12.3. The number of benzene rings is 2. The summed E-state index contributed by atoms with van der Waals surface area (Å²) >= 11 is 0. The minimum Gasteiger partial charge on any atom is -0.504 e. The molecule has 1 saturated carbocycles. The van der Waals surface area contributed by atoms with Crippen LogP contribution >= 0.6 is 0 Å². The highest BCUT2D eigenvalue weighted by atomic mass is 16.5. The highest BCUT2D eigenvalue weighted by Crippen LogP contribution is 2.24. The smallest absolute Gasteiger partial charge is 0.333 e. The first-order chi connectivity index (χ1) is 15.6. The maximum absolute atomic E-state index is 12.3. The van der Waals surface area contributed by atoms with Crippen LogP contribution in [0.5, 0.6) is 11.5 Å². The Labute approximate surface area is 185 Å². The Morgan fingerprint density at radius 2 is 1.75 bits per heavy atom.